The number of aromatic carboxylic acids is 1. The van der Waals surface area contributed by atoms with E-state index in [2.05, 4.69) is 25.8 Å². The number of fused-ring (bicyclic) bond motifs is 1. The number of hydrogen-bond donors (Lipinski definition) is 2. The molecule has 1 aliphatic heterocycles. The molecule has 1 aromatic heterocycles. The van der Waals surface area contributed by atoms with E-state index in [9.17, 15) is 32.4 Å². The fourth-order valence-corrected chi connectivity index (χ4v) is 4.42. The zero-order chi connectivity index (χ0) is 23.3. The number of anilines is 1. The van der Waals surface area contributed by atoms with Crippen molar-refractivity contribution in [1.29, 1.82) is 5.26 Å². The molecular weight excluding hydrogens is 448 g/mol. The molecule has 1 fully saturated rings. The number of rotatable bonds is 7. The first-order valence-corrected chi connectivity index (χ1v) is 11.2. The monoisotopic (exact) mass is 465 g/mol. The summed E-state index contributed by atoms with van der Waals surface area (Å²) >= 11 is 0. The summed E-state index contributed by atoms with van der Waals surface area (Å²) in [6.07, 6.45) is -1.30. The van der Waals surface area contributed by atoms with E-state index >= 15 is 0 Å². The van der Waals surface area contributed by atoms with E-state index in [1.807, 2.05) is 0 Å². The first-order chi connectivity index (χ1) is 15.0. The van der Waals surface area contributed by atoms with Gasteiger partial charge in [0.15, 0.2) is 21.3 Å². The van der Waals surface area contributed by atoms with Crippen LogP contribution in [0.15, 0.2) is 29.3 Å². The summed E-state index contributed by atoms with van der Waals surface area (Å²) in [4.78, 5) is 15.7. The van der Waals surface area contributed by atoms with E-state index < -0.39 is 33.3 Å². The van der Waals surface area contributed by atoms with Crippen LogP contribution in [0.25, 0.3) is 0 Å². The van der Waals surface area contributed by atoms with Crippen molar-refractivity contribution in [3.63, 3.8) is 0 Å². The molecule has 2 aliphatic rings. The summed E-state index contributed by atoms with van der Waals surface area (Å²) in [5.41, 5.74) is -0.522. The highest BCUT2D eigenvalue weighted by Crippen LogP contribution is 2.48. The van der Waals surface area contributed by atoms with Gasteiger partial charge in [0.2, 0.25) is 0 Å². The third kappa shape index (κ3) is 3.80. The molecule has 0 spiro atoms. The van der Waals surface area contributed by atoms with E-state index in [1.54, 1.807) is 0 Å². The number of nitriles is 1. The smallest absolute Gasteiger partial charge is 0.478 e. The third-order valence-electron chi connectivity index (χ3n) is 5.39. The van der Waals surface area contributed by atoms with Crippen LogP contribution in [0, 0.1) is 11.3 Å². The molecule has 2 N–H and O–H groups in total. The van der Waals surface area contributed by atoms with Gasteiger partial charge in [-0.05, 0) is 42.2 Å². The minimum atomic E-state index is -3.91. The topological polar surface area (TPSA) is 139 Å². The van der Waals surface area contributed by atoms with Crippen molar-refractivity contribution in [1.82, 2.24) is 4.98 Å². The molecule has 0 bridgehead atoms. The van der Waals surface area contributed by atoms with Gasteiger partial charge in [-0.2, -0.15) is 5.26 Å². The van der Waals surface area contributed by atoms with Gasteiger partial charge in [0.1, 0.15) is 10.7 Å². The molecule has 12 heteroatoms. The largest absolute Gasteiger partial charge is 0.586 e. The second-order valence-corrected chi connectivity index (χ2v) is 9.70. The Morgan fingerprint density at radius 1 is 1.28 bits per heavy atom. The fraction of sp³-hybridized carbons (Fsp3) is 0.350. The first-order valence-electron chi connectivity index (χ1n) is 9.55. The van der Waals surface area contributed by atoms with Gasteiger partial charge in [-0.15, -0.1) is 8.78 Å². The van der Waals surface area contributed by atoms with Gasteiger partial charge in [-0.1, -0.05) is 6.92 Å². The Balaban J connectivity index is 1.69. The van der Waals surface area contributed by atoms with E-state index in [-0.39, 0.29) is 39.9 Å². The molecule has 0 unspecified atom stereocenters. The van der Waals surface area contributed by atoms with Crippen LogP contribution in [0.5, 0.6) is 11.5 Å². The van der Waals surface area contributed by atoms with E-state index in [0.29, 0.717) is 18.4 Å². The van der Waals surface area contributed by atoms with Crippen LogP contribution in [-0.2, 0) is 21.8 Å². The molecule has 0 radical (unpaired) electrons. The average Bonchev–Trinajstić information content (AvgIpc) is 3.48. The lowest BCUT2D eigenvalue weighted by molar-refractivity contribution is -0.286. The lowest BCUT2D eigenvalue weighted by Crippen LogP contribution is -2.25. The maximum Gasteiger partial charge on any atom is 0.586 e. The molecule has 2 aromatic rings. The number of carboxylic acids is 1. The molecule has 4 rings (SSSR count). The van der Waals surface area contributed by atoms with Crippen LogP contribution >= 0.6 is 0 Å². The number of alkyl halides is 2. The Kier molecular flexibility index (Phi) is 4.97. The average molecular weight is 465 g/mol. The highest BCUT2D eigenvalue weighted by atomic mass is 32.2. The summed E-state index contributed by atoms with van der Waals surface area (Å²) in [5, 5.41) is 21.6. The van der Waals surface area contributed by atoms with Crippen molar-refractivity contribution in [2.45, 2.75) is 42.9 Å². The van der Waals surface area contributed by atoms with Crippen molar-refractivity contribution in [2.24, 2.45) is 0 Å². The van der Waals surface area contributed by atoms with Crippen LogP contribution in [0.4, 0.5) is 14.6 Å². The Hall–Kier alpha value is -3.46. The van der Waals surface area contributed by atoms with Crippen LogP contribution in [0.3, 0.4) is 0 Å². The van der Waals surface area contributed by atoms with Crippen LogP contribution in [0.1, 0.15) is 41.3 Å². The van der Waals surface area contributed by atoms with Gasteiger partial charge >= 0.3 is 12.3 Å². The van der Waals surface area contributed by atoms with Crippen LogP contribution in [-0.4, -0.2) is 36.5 Å². The van der Waals surface area contributed by atoms with Gasteiger partial charge in [0, 0.05) is 12.7 Å². The van der Waals surface area contributed by atoms with E-state index in [1.165, 1.54) is 19.2 Å². The minimum Gasteiger partial charge on any atom is -0.478 e. The molecule has 168 valence electrons. The number of carbonyl (C=O) groups is 1. The summed E-state index contributed by atoms with van der Waals surface area (Å²) in [5.74, 6) is -2.40. The molecule has 1 aromatic carbocycles. The number of benzene rings is 1. The molecule has 1 aliphatic carbocycles. The molecule has 0 amide bonds. The minimum absolute atomic E-state index is 0.0383. The molecule has 1 saturated carbocycles. The standard InChI is InChI=1S/C20H17F2N3O6S/c1-2-32(28,29)16-6-12(19(10-23)3-4-19)9-25-17(16)24-8-11-5-14-15(7-13(11)18(26)27)31-20(21,22)30-14/h5-7,9H,2-4,8H2,1H3,(H,24,25)(H,26,27). The maximum atomic E-state index is 13.3. The number of nitrogens with zero attached hydrogens (tertiary/aromatic N) is 2. The van der Waals surface area contributed by atoms with Gasteiger partial charge in [0.05, 0.1) is 22.8 Å². The summed E-state index contributed by atoms with van der Waals surface area (Å²) in [6, 6.07) is 5.59. The predicted molar refractivity (Wildman–Crippen MR) is 105 cm³/mol. The molecule has 32 heavy (non-hydrogen) atoms. The number of aromatic nitrogens is 1. The fourth-order valence-electron chi connectivity index (χ4n) is 3.38. The summed E-state index contributed by atoms with van der Waals surface area (Å²) in [7, 11) is -3.74. The number of ether oxygens (including phenoxy) is 2. The van der Waals surface area contributed by atoms with E-state index in [0.717, 1.165) is 12.1 Å². The molecule has 2 heterocycles. The molecule has 0 saturated heterocycles. The molecule has 9 nitrogen and oxygen atoms in total. The van der Waals surface area contributed by atoms with Gasteiger partial charge in [0.25, 0.3) is 0 Å². The number of halogens is 2. The van der Waals surface area contributed by atoms with E-state index in [4.69, 9.17) is 0 Å². The highest BCUT2D eigenvalue weighted by molar-refractivity contribution is 7.91. The van der Waals surface area contributed by atoms with Crippen LogP contribution < -0.4 is 14.8 Å². The quantitative estimate of drug-likeness (QED) is 0.631. The van der Waals surface area contributed by atoms with Gasteiger partial charge < -0.3 is 19.9 Å². The Labute approximate surface area is 181 Å². The first kappa shape index (κ1) is 21.8. The lowest BCUT2D eigenvalue weighted by atomic mass is 10.00. The molecule has 0 atom stereocenters. The van der Waals surface area contributed by atoms with Crippen molar-refractivity contribution < 1.29 is 36.6 Å². The van der Waals surface area contributed by atoms with Crippen molar-refractivity contribution in [3.8, 4) is 17.6 Å². The molecular formula is C20H17F2N3O6S. The number of hydrogen-bond acceptors (Lipinski definition) is 8. The number of nitrogens with one attached hydrogen (secondary N) is 1. The second-order valence-electron chi connectivity index (χ2n) is 7.45. The Morgan fingerprint density at radius 2 is 1.94 bits per heavy atom. The third-order valence-corrected chi connectivity index (χ3v) is 7.13. The zero-order valence-electron chi connectivity index (χ0n) is 16.7. The van der Waals surface area contributed by atoms with Crippen molar-refractivity contribution in [3.05, 3.63) is 41.1 Å². The summed E-state index contributed by atoms with van der Waals surface area (Å²) < 4.78 is 60.6. The van der Waals surface area contributed by atoms with Crippen molar-refractivity contribution >= 4 is 21.6 Å². The number of carboxylic acid groups (broad SMARTS) is 1. The number of sulfone groups is 1. The lowest BCUT2D eigenvalue weighted by Gasteiger charge is -2.15. The predicted octanol–water partition coefficient (Wildman–Crippen LogP) is 3.06. The van der Waals surface area contributed by atoms with Crippen molar-refractivity contribution in [2.75, 3.05) is 11.1 Å². The highest BCUT2D eigenvalue weighted by Gasteiger charge is 2.46. The van der Waals surface area contributed by atoms with Crippen LogP contribution in [0.2, 0.25) is 0 Å². The Bertz CT molecular complexity index is 1270. The second kappa shape index (κ2) is 7.30. The maximum absolute atomic E-state index is 13.3. The summed E-state index contributed by atoms with van der Waals surface area (Å²) in [6.45, 7) is 1.22. The zero-order valence-corrected chi connectivity index (χ0v) is 17.5. The Morgan fingerprint density at radius 3 is 2.50 bits per heavy atom. The van der Waals surface area contributed by atoms with Gasteiger partial charge in [-0.3, -0.25) is 0 Å². The normalized spacial score (nSPS) is 17.4. The van der Waals surface area contributed by atoms with Gasteiger partial charge in [-0.25, -0.2) is 18.2 Å². The SMILES string of the molecule is CCS(=O)(=O)c1cc(C2(C#N)CC2)cnc1NCc1cc2c(cc1C(=O)O)OC(F)(F)O2. The number of pyridine rings is 1.